The number of benzene rings is 1. The van der Waals surface area contributed by atoms with E-state index in [1.807, 2.05) is 38.1 Å². The zero-order chi connectivity index (χ0) is 12.4. The highest BCUT2D eigenvalue weighted by Gasteiger charge is 2.10. The summed E-state index contributed by atoms with van der Waals surface area (Å²) in [5.74, 6) is 6.62. The van der Waals surface area contributed by atoms with E-state index in [4.69, 9.17) is 17.4 Å². The second-order valence-corrected chi connectivity index (χ2v) is 4.14. The normalized spacial score (nSPS) is 10.4. The number of aryl methyl sites for hydroxylation is 1. The molecule has 1 aromatic carbocycles. The van der Waals surface area contributed by atoms with Crippen LogP contribution in [0, 0.1) is 13.8 Å². The molecule has 2 rings (SSSR count). The van der Waals surface area contributed by atoms with Crippen LogP contribution in [0.3, 0.4) is 0 Å². The van der Waals surface area contributed by atoms with Crippen molar-refractivity contribution in [2.75, 3.05) is 5.43 Å². The van der Waals surface area contributed by atoms with Gasteiger partial charge in [0, 0.05) is 16.8 Å². The van der Waals surface area contributed by atoms with Gasteiger partial charge in [-0.05, 0) is 26.0 Å². The van der Waals surface area contributed by atoms with E-state index in [2.05, 4.69) is 15.4 Å². The topological polar surface area (TPSA) is 63.8 Å². The summed E-state index contributed by atoms with van der Waals surface area (Å²) in [6, 6.07) is 7.46. The number of nitrogens with zero attached hydrogens (tertiary/aromatic N) is 2. The third kappa shape index (κ3) is 2.23. The summed E-state index contributed by atoms with van der Waals surface area (Å²) in [6.45, 7) is 3.83. The van der Waals surface area contributed by atoms with Crippen molar-refractivity contribution in [2.24, 2.45) is 5.84 Å². The summed E-state index contributed by atoms with van der Waals surface area (Å²) in [7, 11) is 0. The lowest BCUT2D eigenvalue weighted by molar-refractivity contribution is 1.06. The minimum Gasteiger partial charge on any atom is -0.308 e. The lowest BCUT2D eigenvalue weighted by atomic mass is 10.2. The number of nitrogen functional groups attached to an aromatic ring is 1. The van der Waals surface area contributed by atoms with Crippen LogP contribution < -0.4 is 11.3 Å². The zero-order valence-corrected chi connectivity index (χ0v) is 10.4. The first-order valence-corrected chi connectivity index (χ1v) is 5.58. The molecule has 0 radical (unpaired) electrons. The summed E-state index contributed by atoms with van der Waals surface area (Å²) in [4.78, 5) is 8.77. The standard InChI is InChI=1S/C12H13ClN4/c1-7-8(2)15-12(16-11(7)17-14)9-5-3-4-6-10(9)13/h3-6H,14H2,1-2H3,(H,15,16,17). The second-order valence-electron chi connectivity index (χ2n) is 3.73. The Bertz CT molecular complexity index is 554. The van der Waals surface area contributed by atoms with Gasteiger partial charge in [0.15, 0.2) is 5.82 Å². The van der Waals surface area contributed by atoms with Gasteiger partial charge in [0.1, 0.15) is 5.82 Å². The molecule has 3 N–H and O–H groups in total. The van der Waals surface area contributed by atoms with Crippen LogP contribution in [0.15, 0.2) is 24.3 Å². The number of hydrogen-bond acceptors (Lipinski definition) is 4. The molecule has 0 amide bonds. The van der Waals surface area contributed by atoms with E-state index in [0.29, 0.717) is 16.7 Å². The molecule has 0 saturated carbocycles. The van der Waals surface area contributed by atoms with E-state index in [1.54, 1.807) is 0 Å². The minimum atomic E-state index is 0.576. The van der Waals surface area contributed by atoms with Crippen LogP contribution in [0.1, 0.15) is 11.3 Å². The molecule has 1 heterocycles. The van der Waals surface area contributed by atoms with Gasteiger partial charge in [-0.2, -0.15) is 0 Å². The molecule has 88 valence electrons. The number of hydrogen-bond donors (Lipinski definition) is 2. The third-order valence-electron chi connectivity index (χ3n) is 2.64. The Balaban J connectivity index is 2.61. The van der Waals surface area contributed by atoms with E-state index in [9.17, 15) is 0 Å². The van der Waals surface area contributed by atoms with Gasteiger partial charge in [-0.15, -0.1) is 0 Å². The van der Waals surface area contributed by atoms with Gasteiger partial charge in [-0.25, -0.2) is 15.8 Å². The summed E-state index contributed by atoms with van der Waals surface area (Å²) in [5.41, 5.74) is 5.18. The summed E-state index contributed by atoms with van der Waals surface area (Å²) in [6.07, 6.45) is 0. The lowest BCUT2D eigenvalue weighted by Crippen LogP contribution is -2.12. The zero-order valence-electron chi connectivity index (χ0n) is 9.66. The number of nitrogens with two attached hydrogens (primary N) is 1. The third-order valence-corrected chi connectivity index (χ3v) is 2.97. The number of hydrazine groups is 1. The van der Waals surface area contributed by atoms with E-state index < -0.39 is 0 Å². The molecule has 0 atom stereocenters. The fourth-order valence-electron chi connectivity index (χ4n) is 1.53. The minimum absolute atomic E-state index is 0.576. The second kappa shape index (κ2) is 4.69. The number of anilines is 1. The predicted molar refractivity (Wildman–Crippen MR) is 69.8 cm³/mol. The van der Waals surface area contributed by atoms with E-state index in [-0.39, 0.29) is 0 Å². The van der Waals surface area contributed by atoms with Crippen LogP contribution in [0.5, 0.6) is 0 Å². The summed E-state index contributed by atoms with van der Waals surface area (Å²) >= 11 is 6.11. The molecule has 0 bridgehead atoms. The average Bonchev–Trinajstić information content (AvgIpc) is 2.33. The molecule has 2 aromatic rings. The van der Waals surface area contributed by atoms with Gasteiger partial charge in [-0.1, -0.05) is 23.7 Å². The van der Waals surface area contributed by atoms with E-state index in [0.717, 1.165) is 16.8 Å². The maximum Gasteiger partial charge on any atom is 0.163 e. The fraction of sp³-hybridized carbons (Fsp3) is 0.167. The maximum atomic E-state index is 6.11. The lowest BCUT2D eigenvalue weighted by Gasteiger charge is -2.10. The molecular formula is C12H13ClN4. The van der Waals surface area contributed by atoms with E-state index >= 15 is 0 Å². The molecule has 0 spiro atoms. The molecule has 0 unspecified atom stereocenters. The molecule has 5 heteroatoms. The molecule has 4 nitrogen and oxygen atoms in total. The quantitative estimate of drug-likeness (QED) is 0.634. The van der Waals surface area contributed by atoms with Gasteiger partial charge in [0.05, 0.1) is 5.02 Å². The predicted octanol–water partition coefficient (Wildman–Crippen LogP) is 2.70. The van der Waals surface area contributed by atoms with Crippen molar-refractivity contribution < 1.29 is 0 Å². The highest BCUT2D eigenvalue weighted by atomic mass is 35.5. The molecule has 1 aromatic heterocycles. The molecule has 0 saturated heterocycles. The SMILES string of the molecule is Cc1nc(-c2ccccc2Cl)nc(NN)c1C. The van der Waals surface area contributed by atoms with E-state index in [1.165, 1.54) is 0 Å². The van der Waals surface area contributed by atoms with Crippen molar-refractivity contribution in [3.8, 4) is 11.4 Å². The molecular weight excluding hydrogens is 236 g/mol. The van der Waals surface area contributed by atoms with Gasteiger partial charge in [-0.3, -0.25) is 0 Å². The van der Waals surface area contributed by atoms with Gasteiger partial charge in [0.25, 0.3) is 0 Å². The molecule has 17 heavy (non-hydrogen) atoms. The average molecular weight is 249 g/mol. The fourth-order valence-corrected chi connectivity index (χ4v) is 1.75. The van der Waals surface area contributed by atoms with Crippen molar-refractivity contribution >= 4 is 17.4 Å². The Hall–Kier alpha value is -1.65. The largest absolute Gasteiger partial charge is 0.308 e. The van der Waals surface area contributed by atoms with Crippen molar-refractivity contribution in [1.29, 1.82) is 0 Å². The molecule has 0 fully saturated rings. The van der Waals surface area contributed by atoms with Crippen LogP contribution in [0.2, 0.25) is 5.02 Å². The molecule has 0 aliphatic carbocycles. The van der Waals surface area contributed by atoms with Crippen LogP contribution in [-0.4, -0.2) is 9.97 Å². The first-order valence-electron chi connectivity index (χ1n) is 5.20. The monoisotopic (exact) mass is 248 g/mol. The summed E-state index contributed by atoms with van der Waals surface area (Å²) < 4.78 is 0. The smallest absolute Gasteiger partial charge is 0.163 e. The van der Waals surface area contributed by atoms with Gasteiger partial charge >= 0.3 is 0 Å². The van der Waals surface area contributed by atoms with Crippen molar-refractivity contribution in [3.63, 3.8) is 0 Å². The van der Waals surface area contributed by atoms with Crippen LogP contribution in [0.4, 0.5) is 5.82 Å². The van der Waals surface area contributed by atoms with Crippen LogP contribution in [0.25, 0.3) is 11.4 Å². The Morgan fingerprint density at radius 1 is 1.18 bits per heavy atom. The highest BCUT2D eigenvalue weighted by molar-refractivity contribution is 6.33. The number of rotatable bonds is 2. The van der Waals surface area contributed by atoms with Crippen molar-refractivity contribution in [3.05, 3.63) is 40.5 Å². The molecule has 0 aliphatic rings. The Labute approximate surface area is 105 Å². The Kier molecular flexibility index (Phi) is 3.26. The Morgan fingerprint density at radius 2 is 1.88 bits per heavy atom. The number of aromatic nitrogens is 2. The van der Waals surface area contributed by atoms with Crippen LogP contribution >= 0.6 is 11.6 Å². The maximum absolute atomic E-state index is 6.11. The number of nitrogens with one attached hydrogen (secondary N) is 1. The van der Waals surface area contributed by atoms with Crippen LogP contribution in [-0.2, 0) is 0 Å². The van der Waals surface area contributed by atoms with Gasteiger partial charge < -0.3 is 5.43 Å². The van der Waals surface area contributed by atoms with Crippen molar-refractivity contribution in [2.45, 2.75) is 13.8 Å². The first-order chi connectivity index (χ1) is 8.13. The highest BCUT2D eigenvalue weighted by Crippen LogP contribution is 2.26. The van der Waals surface area contributed by atoms with Crippen molar-refractivity contribution in [1.82, 2.24) is 9.97 Å². The first kappa shape index (κ1) is 11.8. The van der Waals surface area contributed by atoms with Gasteiger partial charge in [0.2, 0.25) is 0 Å². The Morgan fingerprint density at radius 3 is 2.53 bits per heavy atom. The molecule has 0 aliphatic heterocycles. The number of halogens is 1. The summed E-state index contributed by atoms with van der Waals surface area (Å²) in [5, 5.41) is 0.624.